The van der Waals surface area contributed by atoms with Gasteiger partial charge in [-0.25, -0.2) is 4.39 Å². The molecule has 0 spiro atoms. The van der Waals surface area contributed by atoms with E-state index in [-0.39, 0.29) is 30.2 Å². The predicted octanol–water partition coefficient (Wildman–Crippen LogP) is 2.73. The van der Waals surface area contributed by atoms with Crippen molar-refractivity contribution in [2.75, 3.05) is 33.4 Å². The first-order valence-corrected chi connectivity index (χ1v) is 7.82. The number of nitrogens with zero attached hydrogens (tertiary/aromatic N) is 1. The molecule has 0 aliphatic carbocycles. The van der Waals surface area contributed by atoms with Crippen molar-refractivity contribution in [1.29, 1.82) is 0 Å². The number of carbonyl (C=O) groups is 1. The SMILES string of the molecule is CCN1CCC(C(COc2cccc(F)c2)C(=O)OC)CC1. The minimum atomic E-state index is -0.344. The highest BCUT2D eigenvalue weighted by Gasteiger charge is 2.32. The van der Waals surface area contributed by atoms with Crippen molar-refractivity contribution in [3.8, 4) is 5.75 Å². The number of hydrogen-bond donors (Lipinski definition) is 0. The first kappa shape index (κ1) is 16.7. The summed E-state index contributed by atoms with van der Waals surface area (Å²) in [6, 6.07) is 5.98. The van der Waals surface area contributed by atoms with Gasteiger partial charge in [0.05, 0.1) is 13.0 Å². The number of halogens is 1. The summed E-state index contributed by atoms with van der Waals surface area (Å²) in [6.07, 6.45) is 1.92. The van der Waals surface area contributed by atoms with Gasteiger partial charge in [0, 0.05) is 6.07 Å². The van der Waals surface area contributed by atoms with Crippen molar-refractivity contribution in [3.05, 3.63) is 30.1 Å². The Morgan fingerprint density at radius 1 is 1.41 bits per heavy atom. The summed E-state index contributed by atoms with van der Waals surface area (Å²) in [5.41, 5.74) is 0. The molecular weight excluding hydrogens is 285 g/mol. The van der Waals surface area contributed by atoms with Crippen molar-refractivity contribution >= 4 is 5.97 Å². The summed E-state index contributed by atoms with van der Waals surface area (Å²) in [4.78, 5) is 14.4. The molecule has 1 fully saturated rings. The van der Waals surface area contributed by atoms with Crippen molar-refractivity contribution in [2.45, 2.75) is 19.8 Å². The van der Waals surface area contributed by atoms with Crippen LogP contribution in [0, 0.1) is 17.7 Å². The number of hydrogen-bond acceptors (Lipinski definition) is 4. The highest BCUT2D eigenvalue weighted by Crippen LogP contribution is 2.27. The number of rotatable bonds is 6. The Morgan fingerprint density at radius 2 is 2.14 bits per heavy atom. The lowest BCUT2D eigenvalue weighted by molar-refractivity contribution is -0.149. The largest absolute Gasteiger partial charge is 0.493 e. The quantitative estimate of drug-likeness (QED) is 0.758. The Bertz CT molecular complexity index is 487. The second kappa shape index (κ2) is 8.13. The third kappa shape index (κ3) is 4.44. The van der Waals surface area contributed by atoms with Gasteiger partial charge in [-0.1, -0.05) is 13.0 Å². The summed E-state index contributed by atoms with van der Waals surface area (Å²) >= 11 is 0. The first-order chi connectivity index (χ1) is 10.6. The maximum absolute atomic E-state index is 13.2. The fraction of sp³-hybridized carbons (Fsp3) is 0.588. The highest BCUT2D eigenvalue weighted by molar-refractivity contribution is 5.72. The molecule has 1 aromatic rings. The fourth-order valence-corrected chi connectivity index (χ4v) is 2.96. The minimum absolute atomic E-state index is 0.229. The topological polar surface area (TPSA) is 38.8 Å². The third-order valence-corrected chi connectivity index (χ3v) is 4.38. The summed E-state index contributed by atoms with van der Waals surface area (Å²) in [7, 11) is 1.40. The predicted molar refractivity (Wildman–Crippen MR) is 82.2 cm³/mol. The molecule has 1 unspecified atom stereocenters. The number of likely N-dealkylation sites (tertiary alicyclic amines) is 1. The average Bonchev–Trinajstić information content (AvgIpc) is 2.55. The second-order valence-corrected chi connectivity index (χ2v) is 5.67. The molecule has 0 radical (unpaired) electrons. The summed E-state index contributed by atoms with van der Waals surface area (Å²) in [5, 5.41) is 0. The van der Waals surface area contributed by atoms with Crippen LogP contribution in [-0.4, -0.2) is 44.2 Å². The van der Waals surface area contributed by atoms with Crippen LogP contribution in [0.25, 0.3) is 0 Å². The van der Waals surface area contributed by atoms with Gasteiger partial charge in [-0.15, -0.1) is 0 Å². The zero-order chi connectivity index (χ0) is 15.9. The van der Waals surface area contributed by atoms with Crippen LogP contribution < -0.4 is 4.74 Å². The van der Waals surface area contributed by atoms with Gasteiger partial charge in [0.1, 0.15) is 18.2 Å². The molecule has 2 rings (SSSR count). The van der Waals surface area contributed by atoms with Crippen LogP contribution in [0.15, 0.2) is 24.3 Å². The summed E-state index contributed by atoms with van der Waals surface area (Å²) < 4.78 is 23.7. The Balaban J connectivity index is 1.96. The van der Waals surface area contributed by atoms with Gasteiger partial charge >= 0.3 is 5.97 Å². The van der Waals surface area contributed by atoms with E-state index in [0.717, 1.165) is 32.5 Å². The molecule has 0 aromatic heterocycles. The average molecular weight is 309 g/mol. The maximum Gasteiger partial charge on any atom is 0.312 e. The molecule has 0 bridgehead atoms. The van der Waals surface area contributed by atoms with Crippen LogP contribution in [0.4, 0.5) is 4.39 Å². The molecule has 4 nitrogen and oxygen atoms in total. The lowest BCUT2D eigenvalue weighted by Gasteiger charge is -2.34. The van der Waals surface area contributed by atoms with Crippen molar-refractivity contribution in [1.82, 2.24) is 4.90 Å². The Kier molecular flexibility index (Phi) is 6.19. The smallest absolute Gasteiger partial charge is 0.312 e. The molecule has 5 heteroatoms. The van der Waals surface area contributed by atoms with Crippen molar-refractivity contribution in [3.63, 3.8) is 0 Å². The molecule has 0 amide bonds. The first-order valence-electron chi connectivity index (χ1n) is 7.82. The van der Waals surface area contributed by atoms with Crippen LogP contribution in [0.2, 0.25) is 0 Å². The molecule has 0 saturated carbocycles. The number of methoxy groups -OCH3 is 1. The molecule has 1 heterocycles. The van der Waals surface area contributed by atoms with Crippen LogP contribution in [0.3, 0.4) is 0 Å². The van der Waals surface area contributed by atoms with E-state index < -0.39 is 0 Å². The number of esters is 1. The van der Waals surface area contributed by atoms with Gasteiger partial charge in [0.15, 0.2) is 0 Å². The van der Waals surface area contributed by atoms with Crippen LogP contribution in [-0.2, 0) is 9.53 Å². The van der Waals surface area contributed by atoms with Gasteiger partial charge in [-0.05, 0) is 50.5 Å². The molecule has 1 saturated heterocycles. The molecule has 22 heavy (non-hydrogen) atoms. The minimum Gasteiger partial charge on any atom is -0.493 e. The second-order valence-electron chi connectivity index (χ2n) is 5.67. The van der Waals surface area contributed by atoms with Gasteiger partial charge in [-0.3, -0.25) is 4.79 Å². The van der Waals surface area contributed by atoms with Gasteiger partial charge in [0.25, 0.3) is 0 Å². The van der Waals surface area contributed by atoms with Crippen LogP contribution in [0.5, 0.6) is 5.75 Å². The molecule has 1 atom stereocenters. The molecule has 1 aliphatic rings. The van der Waals surface area contributed by atoms with E-state index in [0.29, 0.717) is 5.75 Å². The number of piperidine rings is 1. The monoisotopic (exact) mass is 309 g/mol. The summed E-state index contributed by atoms with van der Waals surface area (Å²) in [6.45, 7) is 5.40. The molecule has 1 aromatic carbocycles. The number of benzene rings is 1. The Morgan fingerprint density at radius 3 is 2.73 bits per heavy atom. The van der Waals surface area contributed by atoms with Crippen molar-refractivity contribution in [2.24, 2.45) is 11.8 Å². The fourth-order valence-electron chi connectivity index (χ4n) is 2.96. The van der Waals surface area contributed by atoms with Gasteiger partial charge < -0.3 is 14.4 Å². The maximum atomic E-state index is 13.2. The van der Waals surface area contributed by atoms with E-state index in [1.165, 1.54) is 19.2 Å². The van der Waals surface area contributed by atoms with Crippen LogP contribution >= 0.6 is 0 Å². The molecular formula is C17H24FNO3. The zero-order valence-electron chi connectivity index (χ0n) is 13.3. The number of carbonyl (C=O) groups excluding carboxylic acids is 1. The van der Waals surface area contributed by atoms with Crippen molar-refractivity contribution < 1.29 is 18.7 Å². The van der Waals surface area contributed by atoms with E-state index >= 15 is 0 Å². The third-order valence-electron chi connectivity index (χ3n) is 4.38. The molecule has 0 N–H and O–H groups in total. The lowest BCUT2D eigenvalue weighted by atomic mass is 9.84. The van der Waals surface area contributed by atoms with E-state index in [9.17, 15) is 9.18 Å². The van der Waals surface area contributed by atoms with Gasteiger partial charge in [-0.2, -0.15) is 0 Å². The zero-order valence-corrected chi connectivity index (χ0v) is 13.3. The van der Waals surface area contributed by atoms with Gasteiger partial charge in [0.2, 0.25) is 0 Å². The van der Waals surface area contributed by atoms with Crippen LogP contribution in [0.1, 0.15) is 19.8 Å². The van der Waals surface area contributed by atoms with E-state index in [4.69, 9.17) is 9.47 Å². The number of ether oxygens (including phenoxy) is 2. The van der Waals surface area contributed by atoms with E-state index in [1.807, 2.05) is 0 Å². The normalized spacial score (nSPS) is 18.0. The molecule has 122 valence electrons. The highest BCUT2D eigenvalue weighted by atomic mass is 19.1. The lowest BCUT2D eigenvalue weighted by Crippen LogP contribution is -2.40. The van der Waals surface area contributed by atoms with E-state index in [2.05, 4.69) is 11.8 Å². The standard InChI is InChI=1S/C17H24FNO3/c1-3-19-9-7-13(8-10-19)16(17(20)21-2)12-22-15-6-4-5-14(18)11-15/h4-6,11,13,16H,3,7-10,12H2,1-2H3. The molecule has 1 aliphatic heterocycles. The summed E-state index contributed by atoms with van der Waals surface area (Å²) in [5.74, 6) is -0.189. The Labute approximate surface area is 131 Å². The van der Waals surface area contributed by atoms with E-state index in [1.54, 1.807) is 12.1 Å². The Hall–Kier alpha value is -1.62.